The highest BCUT2D eigenvalue weighted by molar-refractivity contribution is 5.90. The lowest BCUT2D eigenvalue weighted by molar-refractivity contribution is 0.752. The molecule has 0 unspecified atom stereocenters. The predicted molar refractivity (Wildman–Crippen MR) is 88.6 cm³/mol. The van der Waals surface area contributed by atoms with Crippen LogP contribution in [0.2, 0.25) is 0 Å². The highest BCUT2D eigenvalue weighted by atomic mass is 15.1. The van der Waals surface area contributed by atoms with Gasteiger partial charge in [-0.1, -0.05) is 25.0 Å². The Morgan fingerprint density at radius 3 is 2.64 bits per heavy atom. The number of para-hydroxylation sites is 1. The predicted octanol–water partition coefficient (Wildman–Crippen LogP) is 4.05. The Bertz CT molecular complexity index is 779. The van der Waals surface area contributed by atoms with E-state index < -0.39 is 0 Å². The second kappa shape index (κ2) is 5.72. The quantitative estimate of drug-likeness (QED) is 0.790. The third-order valence-corrected chi connectivity index (χ3v) is 4.22. The van der Waals surface area contributed by atoms with Crippen molar-refractivity contribution in [1.29, 1.82) is 0 Å². The summed E-state index contributed by atoms with van der Waals surface area (Å²) in [6.45, 7) is 0. The molecule has 1 N–H and O–H groups in total. The number of hydrogen-bond acceptors (Lipinski definition) is 4. The summed E-state index contributed by atoms with van der Waals surface area (Å²) in [6.07, 6.45) is 8.62. The molecule has 0 amide bonds. The molecule has 1 aliphatic carbocycles. The van der Waals surface area contributed by atoms with Crippen LogP contribution < -0.4 is 5.32 Å². The van der Waals surface area contributed by atoms with Crippen LogP contribution in [0.15, 0.2) is 48.8 Å². The summed E-state index contributed by atoms with van der Waals surface area (Å²) in [5, 5.41) is 4.71. The van der Waals surface area contributed by atoms with E-state index in [0.29, 0.717) is 6.04 Å². The fourth-order valence-corrected chi connectivity index (χ4v) is 3.07. The Balaban J connectivity index is 1.82. The van der Waals surface area contributed by atoms with Crippen LogP contribution in [0.25, 0.3) is 22.3 Å². The molecule has 3 aromatic rings. The minimum atomic E-state index is 0.528. The topological polar surface area (TPSA) is 50.7 Å². The maximum Gasteiger partial charge on any atom is 0.163 e. The summed E-state index contributed by atoms with van der Waals surface area (Å²) in [5.74, 6) is 1.67. The Morgan fingerprint density at radius 2 is 1.82 bits per heavy atom. The molecule has 22 heavy (non-hydrogen) atoms. The summed E-state index contributed by atoms with van der Waals surface area (Å²) >= 11 is 0. The van der Waals surface area contributed by atoms with E-state index in [0.717, 1.165) is 28.1 Å². The van der Waals surface area contributed by atoms with E-state index in [1.165, 1.54) is 25.7 Å². The summed E-state index contributed by atoms with van der Waals surface area (Å²) in [5.41, 5.74) is 1.92. The minimum Gasteiger partial charge on any atom is -0.367 e. The van der Waals surface area contributed by atoms with Crippen LogP contribution in [-0.4, -0.2) is 21.0 Å². The Kier molecular flexibility index (Phi) is 3.43. The second-order valence-corrected chi connectivity index (χ2v) is 5.78. The summed E-state index contributed by atoms with van der Waals surface area (Å²) in [6, 6.07) is 12.6. The Morgan fingerprint density at radius 1 is 0.955 bits per heavy atom. The Labute approximate surface area is 129 Å². The molecule has 0 bridgehead atoms. The highest BCUT2D eigenvalue weighted by Gasteiger charge is 2.17. The number of pyridine rings is 1. The van der Waals surface area contributed by atoms with Crippen molar-refractivity contribution in [1.82, 2.24) is 15.0 Å². The molecular formula is C18H18N4. The fourth-order valence-electron chi connectivity index (χ4n) is 3.07. The normalized spacial score (nSPS) is 15.3. The molecule has 110 valence electrons. The first-order chi connectivity index (χ1) is 10.9. The van der Waals surface area contributed by atoms with Crippen molar-refractivity contribution in [3.63, 3.8) is 0 Å². The zero-order valence-electron chi connectivity index (χ0n) is 12.4. The monoisotopic (exact) mass is 290 g/mol. The number of benzene rings is 1. The summed E-state index contributed by atoms with van der Waals surface area (Å²) in [4.78, 5) is 13.6. The van der Waals surface area contributed by atoms with Crippen LogP contribution in [0.4, 0.5) is 5.82 Å². The van der Waals surface area contributed by atoms with Gasteiger partial charge in [-0.05, 0) is 37.1 Å². The third-order valence-electron chi connectivity index (χ3n) is 4.22. The SMILES string of the molecule is c1cncc(-c2nc(NC3CCCC3)c3ccccc3n2)c1. The van der Waals surface area contributed by atoms with Crippen LogP contribution in [0.1, 0.15) is 25.7 Å². The average molecular weight is 290 g/mol. The minimum absolute atomic E-state index is 0.528. The number of anilines is 1. The van der Waals surface area contributed by atoms with Crippen molar-refractivity contribution in [2.24, 2.45) is 0 Å². The van der Waals surface area contributed by atoms with Gasteiger partial charge in [0.05, 0.1) is 5.52 Å². The van der Waals surface area contributed by atoms with Gasteiger partial charge in [0.15, 0.2) is 5.82 Å². The lowest BCUT2D eigenvalue weighted by Crippen LogP contribution is -2.16. The smallest absolute Gasteiger partial charge is 0.163 e. The van der Waals surface area contributed by atoms with E-state index in [1.807, 2.05) is 36.5 Å². The van der Waals surface area contributed by atoms with Gasteiger partial charge in [0, 0.05) is 29.4 Å². The molecule has 0 radical (unpaired) electrons. The van der Waals surface area contributed by atoms with Crippen LogP contribution in [0.3, 0.4) is 0 Å². The van der Waals surface area contributed by atoms with E-state index in [9.17, 15) is 0 Å². The summed E-state index contributed by atoms with van der Waals surface area (Å²) < 4.78 is 0. The van der Waals surface area contributed by atoms with Gasteiger partial charge in [0.25, 0.3) is 0 Å². The number of fused-ring (bicyclic) bond motifs is 1. The molecule has 4 heteroatoms. The molecule has 1 aliphatic rings. The third kappa shape index (κ3) is 2.52. The van der Waals surface area contributed by atoms with Crippen molar-refractivity contribution in [3.8, 4) is 11.4 Å². The van der Waals surface area contributed by atoms with Crippen molar-refractivity contribution in [3.05, 3.63) is 48.8 Å². The first-order valence-corrected chi connectivity index (χ1v) is 7.84. The summed E-state index contributed by atoms with van der Waals surface area (Å²) in [7, 11) is 0. The van der Waals surface area contributed by atoms with Crippen LogP contribution >= 0.6 is 0 Å². The van der Waals surface area contributed by atoms with E-state index in [1.54, 1.807) is 6.20 Å². The average Bonchev–Trinajstić information content (AvgIpc) is 3.09. The molecule has 4 nitrogen and oxygen atoms in total. The highest BCUT2D eigenvalue weighted by Crippen LogP contribution is 2.28. The maximum atomic E-state index is 4.77. The zero-order valence-corrected chi connectivity index (χ0v) is 12.4. The molecule has 1 aromatic carbocycles. The molecular weight excluding hydrogens is 272 g/mol. The number of aromatic nitrogens is 3. The van der Waals surface area contributed by atoms with Crippen molar-refractivity contribution < 1.29 is 0 Å². The van der Waals surface area contributed by atoms with Crippen LogP contribution in [-0.2, 0) is 0 Å². The largest absolute Gasteiger partial charge is 0.367 e. The lowest BCUT2D eigenvalue weighted by atomic mass is 10.2. The molecule has 0 saturated heterocycles. The van der Waals surface area contributed by atoms with Crippen LogP contribution in [0, 0.1) is 0 Å². The van der Waals surface area contributed by atoms with E-state index in [-0.39, 0.29) is 0 Å². The van der Waals surface area contributed by atoms with Gasteiger partial charge >= 0.3 is 0 Å². The molecule has 1 fully saturated rings. The van der Waals surface area contributed by atoms with Gasteiger partial charge < -0.3 is 5.32 Å². The van der Waals surface area contributed by atoms with Gasteiger partial charge in [-0.3, -0.25) is 4.98 Å². The fraction of sp³-hybridized carbons (Fsp3) is 0.278. The molecule has 4 rings (SSSR count). The number of nitrogens with zero attached hydrogens (tertiary/aromatic N) is 3. The first-order valence-electron chi connectivity index (χ1n) is 7.84. The zero-order chi connectivity index (χ0) is 14.8. The van der Waals surface area contributed by atoms with Gasteiger partial charge in [-0.2, -0.15) is 0 Å². The number of rotatable bonds is 3. The molecule has 2 heterocycles. The number of nitrogens with one attached hydrogen (secondary N) is 1. The maximum absolute atomic E-state index is 4.77. The molecule has 0 aliphatic heterocycles. The van der Waals surface area contributed by atoms with E-state index >= 15 is 0 Å². The standard InChI is InChI=1S/C18H18N4/c1-2-8-14(7-1)20-18-15-9-3-4-10-16(15)21-17(22-18)13-6-5-11-19-12-13/h3-6,9-12,14H,1-2,7-8H2,(H,20,21,22). The van der Waals surface area contributed by atoms with Gasteiger partial charge in [-0.15, -0.1) is 0 Å². The first kappa shape index (κ1) is 13.2. The molecule has 2 aromatic heterocycles. The van der Waals surface area contributed by atoms with E-state index in [2.05, 4.69) is 21.4 Å². The molecule has 0 atom stereocenters. The van der Waals surface area contributed by atoms with Gasteiger partial charge in [-0.25, -0.2) is 9.97 Å². The Hall–Kier alpha value is -2.49. The number of hydrogen-bond donors (Lipinski definition) is 1. The second-order valence-electron chi connectivity index (χ2n) is 5.78. The van der Waals surface area contributed by atoms with Crippen molar-refractivity contribution >= 4 is 16.7 Å². The van der Waals surface area contributed by atoms with Crippen LogP contribution in [0.5, 0.6) is 0 Å². The molecule has 0 spiro atoms. The van der Waals surface area contributed by atoms with Gasteiger partial charge in [0.1, 0.15) is 5.82 Å². The lowest BCUT2D eigenvalue weighted by Gasteiger charge is -2.15. The van der Waals surface area contributed by atoms with Gasteiger partial charge in [0.2, 0.25) is 0 Å². The van der Waals surface area contributed by atoms with Crippen molar-refractivity contribution in [2.75, 3.05) is 5.32 Å². The van der Waals surface area contributed by atoms with E-state index in [4.69, 9.17) is 4.98 Å². The van der Waals surface area contributed by atoms with Crippen molar-refractivity contribution in [2.45, 2.75) is 31.7 Å². The molecule has 1 saturated carbocycles.